The standard InChI is InChI=1S/C19H21FN2O3/c1-14-11-21-7-6-17(14)18(24)22-8-9-25-19(12-22,13-23)10-15-2-4-16(20)5-3-15/h2-7,11,23H,8-10,12-13H2,1H3/t19-/m1/s1. The fourth-order valence-corrected chi connectivity index (χ4v) is 3.13. The first kappa shape index (κ1) is 17.5. The molecule has 0 aliphatic carbocycles. The zero-order valence-corrected chi connectivity index (χ0v) is 14.1. The highest BCUT2D eigenvalue weighted by Gasteiger charge is 2.38. The monoisotopic (exact) mass is 344 g/mol. The molecular formula is C19H21FN2O3. The third kappa shape index (κ3) is 3.86. The third-order valence-electron chi connectivity index (χ3n) is 4.51. The van der Waals surface area contributed by atoms with Crippen LogP contribution in [0.5, 0.6) is 0 Å². The van der Waals surface area contributed by atoms with E-state index in [1.165, 1.54) is 12.1 Å². The summed E-state index contributed by atoms with van der Waals surface area (Å²) in [5, 5.41) is 9.94. The van der Waals surface area contributed by atoms with Crippen molar-refractivity contribution in [1.82, 2.24) is 9.88 Å². The largest absolute Gasteiger partial charge is 0.393 e. The van der Waals surface area contributed by atoms with E-state index in [1.54, 1.807) is 35.5 Å². The number of benzene rings is 1. The van der Waals surface area contributed by atoms with Gasteiger partial charge in [0.2, 0.25) is 0 Å². The van der Waals surface area contributed by atoms with E-state index < -0.39 is 5.60 Å². The van der Waals surface area contributed by atoms with Gasteiger partial charge in [-0.2, -0.15) is 0 Å². The number of amides is 1. The van der Waals surface area contributed by atoms with E-state index in [0.717, 1.165) is 11.1 Å². The predicted octanol–water partition coefficient (Wildman–Crippen LogP) is 1.98. The SMILES string of the molecule is Cc1cnccc1C(=O)N1CCO[C@](CO)(Cc2ccc(F)cc2)C1. The van der Waals surface area contributed by atoms with Gasteiger partial charge in [0, 0.05) is 30.9 Å². The van der Waals surface area contributed by atoms with Crippen LogP contribution in [0.25, 0.3) is 0 Å². The highest BCUT2D eigenvalue weighted by atomic mass is 19.1. The van der Waals surface area contributed by atoms with Crippen LogP contribution < -0.4 is 0 Å². The average Bonchev–Trinajstić information content (AvgIpc) is 2.64. The molecule has 1 saturated heterocycles. The van der Waals surface area contributed by atoms with Crippen molar-refractivity contribution in [3.8, 4) is 0 Å². The topological polar surface area (TPSA) is 62.7 Å². The molecule has 1 aliphatic rings. The van der Waals surface area contributed by atoms with Crippen molar-refractivity contribution in [1.29, 1.82) is 0 Å². The van der Waals surface area contributed by atoms with Gasteiger partial charge in [0.05, 0.1) is 19.8 Å². The highest BCUT2D eigenvalue weighted by molar-refractivity contribution is 5.95. The quantitative estimate of drug-likeness (QED) is 0.921. The van der Waals surface area contributed by atoms with E-state index in [9.17, 15) is 14.3 Å². The summed E-state index contributed by atoms with van der Waals surface area (Å²) in [5.74, 6) is -0.406. The molecule has 0 unspecified atom stereocenters. The second-order valence-corrected chi connectivity index (χ2v) is 6.41. The van der Waals surface area contributed by atoms with Gasteiger partial charge in [0.15, 0.2) is 0 Å². The molecule has 1 aromatic carbocycles. The summed E-state index contributed by atoms with van der Waals surface area (Å²) in [6, 6.07) is 7.81. The van der Waals surface area contributed by atoms with Crippen LogP contribution in [0, 0.1) is 12.7 Å². The van der Waals surface area contributed by atoms with Gasteiger partial charge in [0.1, 0.15) is 11.4 Å². The Hall–Kier alpha value is -2.31. The predicted molar refractivity (Wildman–Crippen MR) is 90.8 cm³/mol. The minimum atomic E-state index is -0.882. The summed E-state index contributed by atoms with van der Waals surface area (Å²) in [7, 11) is 0. The normalized spacial score (nSPS) is 20.5. The van der Waals surface area contributed by atoms with Gasteiger partial charge in [-0.3, -0.25) is 9.78 Å². The molecule has 0 bridgehead atoms. The molecule has 0 radical (unpaired) electrons. The molecule has 25 heavy (non-hydrogen) atoms. The van der Waals surface area contributed by atoms with Gasteiger partial charge in [-0.25, -0.2) is 4.39 Å². The molecule has 0 spiro atoms. The second-order valence-electron chi connectivity index (χ2n) is 6.41. The number of hydrogen-bond donors (Lipinski definition) is 1. The number of aliphatic hydroxyl groups is 1. The molecule has 0 saturated carbocycles. The lowest BCUT2D eigenvalue weighted by Gasteiger charge is -2.42. The number of aliphatic hydroxyl groups excluding tert-OH is 1. The maximum atomic E-state index is 13.1. The van der Waals surface area contributed by atoms with E-state index >= 15 is 0 Å². The molecule has 1 aliphatic heterocycles. The van der Waals surface area contributed by atoms with Gasteiger partial charge < -0.3 is 14.7 Å². The molecule has 1 atom stereocenters. The van der Waals surface area contributed by atoms with E-state index in [4.69, 9.17) is 4.74 Å². The van der Waals surface area contributed by atoms with Gasteiger partial charge in [-0.1, -0.05) is 12.1 Å². The summed E-state index contributed by atoms with van der Waals surface area (Å²) < 4.78 is 18.9. The summed E-state index contributed by atoms with van der Waals surface area (Å²) in [6.07, 6.45) is 3.66. The van der Waals surface area contributed by atoms with E-state index in [2.05, 4.69) is 4.98 Å². The molecule has 2 aromatic rings. The number of carbonyl (C=O) groups excluding carboxylic acids is 1. The molecule has 1 N–H and O–H groups in total. The Labute approximate surface area is 146 Å². The number of halogens is 1. The van der Waals surface area contributed by atoms with Crippen LogP contribution in [-0.4, -0.2) is 52.8 Å². The van der Waals surface area contributed by atoms with Crippen LogP contribution in [0.3, 0.4) is 0 Å². The lowest BCUT2D eigenvalue weighted by Crippen LogP contribution is -2.56. The number of aromatic nitrogens is 1. The van der Waals surface area contributed by atoms with Crippen molar-refractivity contribution in [3.63, 3.8) is 0 Å². The summed E-state index contributed by atoms with van der Waals surface area (Å²) in [4.78, 5) is 18.5. The first-order valence-corrected chi connectivity index (χ1v) is 8.22. The number of nitrogens with zero attached hydrogens (tertiary/aromatic N) is 2. The molecule has 1 fully saturated rings. The lowest BCUT2D eigenvalue weighted by molar-refractivity contribution is -0.123. The Bertz CT molecular complexity index is 751. The third-order valence-corrected chi connectivity index (χ3v) is 4.51. The fraction of sp³-hybridized carbons (Fsp3) is 0.368. The molecule has 1 aromatic heterocycles. The second kappa shape index (κ2) is 7.29. The average molecular weight is 344 g/mol. The van der Waals surface area contributed by atoms with Gasteiger partial charge in [0.25, 0.3) is 5.91 Å². The Morgan fingerprint density at radius 1 is 1.36 bits per heavy atom. The first-order valence-electron chi connectivity index (χ1n) is 8.22. The van der Waals surface area contributed by atoms with Crippen LogP contribution >= 0.6 is 0 Å². The summed E-state index contributed by atoms with van der Waals surface area (Å²) in [6.45, 7) is 2.72. The zero-order chi connectivity index (χ0) is 17.9. The number of carbonyl (C=O) groups is 1. The number of hydrogen-bond acceptors (Lipinski definition) is 4. The van der Waals surface area contributed by atoms with Gasteiger partial charge in [-0.15, -0.1) is 0 Å². The summed E-state index contributed by atoms with van der Waals surface area (Å²) in [5.41, 5.74) is 1.38. The van der Waals surface area contributed by atoms with Gasteiger partial charge in [-0.05, 0) is 36.2 Å². The van der Waals surface area contributed by atoms with Gasteiger partial charge >= 0.3 is 0 Å². The Balaban J connectivity index is 1.79. The molecule has 5 nitrogen and oxygen atoms in total. The Kier molecular flexibility index (Phi) is 5.11. The molecule has 1 amide bonds. The minimum absolute atomic E-state index is 0.0971. The van der Waals surface area contributed by atoms with Crippen molar-refractivity contribution in [2.45, 2.75) is 18.9 Å². The van der Waals surface area contributed by atoms with Crippen molar-refractivity contribution in [2.75, 3.05) is 26.3 Å². The number of rotatable bonds is 4. The molecule has 6 heteroatoms. The van der Waals surface area contributed by atoms with Crippen LogP contribution in [0.1, 0.15) is 21.5 Å². The maximum Gasteiger partial charge on any atom is 0.254 e. The Morgan fingerprint density at radius 3 is 2.80 bits per heavy atom. The molecule has 3 rings (SSSR count). The highest BCUT2D eigenvalue weighted by Crippen LogP contribution is 2.25. The number of ether oxygens (including phenoxy) is 1. The number of pyridine rings is 1. The zero-order valence-electron chi connectivity index (χ0n) is 14.1. The van der Waals surface area contributed by atoms with Crippen molar-refractivity contribution in [2.24, 2.45) is 0 Å². The number of aryl methyl sites for hydroxylation is 1. The minimum Gasteiger partial charge on any atom is -0.393 e. The van der Waals surface area contributed by atoms with Crippen LogP contribution in [0.2, 0.25) is 0 Å². The molecule has 2 heterocycles. The maximum absolute atomic E-state index is 13.1. The van der Waals surface area contributed by atoms with Crippen LogP contribution in [-0.2, 0) is 11.2 Å². The van der Waals surface area contributed by atoms with Crippen molar-refractivity contribution in [3.05, 3.63) is 65.2 Å². The van der Waals surface area contributed by atoms with E-state index in [-0.39, 0.29) is 24.9 Å². The molecule has 132 valence electrons. The summed E-state index contributed by atoms with van der Waals surface area (Å²) >= 11 is 0. The first-order chi connectivity index (χ1) is 12.0. The van der Waals surface area contributed by atoms with Crippen molar-refractivity contribution >= 4 is 5.91 Å². The Morgan fingerprint density at radius 2 is 2.12 bits per heavy atom. The molecular weight excluding hydrogens is 323 g/mol. The van der Waals surface area contributed by atoms with Crippen LogP contribution in [0.15, 0.2) is 42.7 Å². The van der Waals surface area contributed by atoms with E-state index in [1.807, 2.05) is 6.92 Å². The van der Waals surface area contributed by atoms with Crippen LogP contribution in [0.4, 0.5) is 4.39 Å². The lowest BCUT2D eigenvalue weighted by atomic mass is 9.92. The number of morpholine rings is 1. The van der Waals surface area contributed by atoms with E-state index in [0.29, 0.717) is 25.1 Å². The van der Waals surface area contributed by atoms with Crippen molar-refractivity contribution < 1.29 is 19.0 Å². The fourth-order valence-electron chi connectivity index (χ4n) is 3.13. The smallest absolute Gasteiger partial charge is 0.254 e.